The predicted octanol–water partition coefficient (Wildman–Crippen LogP) is -0.292. The van der Waals surface area contributed by atoms with Gasteiger partial charge in [-0.3, -0.25) is 4.79 Å². The molecule has 4 heterocycles. The Morgan fingerprint density at radius 2 is 2.00 bits per heavy atom. The van der Waals surface area contributed by atoms with Crippen molar-refractivity contribution < 1.29 is 28.5 Å². The molecule has 4 saturated heterocycles. The lowest BCUT2D eigenvalue weighted by Crippen LogP contribution is -2.45. The number of epoxide rings is 2. The Bertz CT molecular complexity index is 774. The smallest absolute Gasteiger partial charge is 0.342 e. The van der Waals surface area contributed by atoms with Gasteiger partial charge in [-0.15, -0.1) is 0 Å². The van der Waals surface area contributed by atoms with E-state index in [0.717, 1.165) is 5.57 Å². The summed E-state index contributed by atoms with van der Waals surface area (Å²) in [6.07, 6.45) is -1.08. The third kappa shape index (κ3) is 0.487. The molecule has 0 aromatic rings. The van der Waals surface area contributed by atoms with Crippen molar-refractivity contribution in [2.45, 2.75) is 49.0 Å². The molecule has 0 amide bonds. The number of hydrogen-bond donors (Lipinski definition) is 0. The normalized spacial score (nSPS) is 75.0. The molecule has 9 atom stereocenters. The second-order valence-electron chi connectivity index (χ2n) is 7.79. The summed E-state index contributed by atoms with van der Waals surface area (Å²) in [6, 6.07) is 0. The summed E-state index contributed by atoms with van der Waals surface area (Å²) in [5, 5.41) is 0. The quantitative estimate of drug-likeness (QED) is 0.375. The lowest BCUT2D eigenvalue weighted by molar-refractivity contribution is -0.168. The van der Waals surface area contributed by atoms with Crippen molar-refractivity contribution in [2.75, 3.05) is 0 Å². The van der Waals surface area contributed by atoms with Crippen LogP contribution in [0.4, 0.5) is 0 Å². The summed E-state index contributed by atoms with van der Waals surface area (Å²) >= 11 is 0. The molecule has 108 valence electrons. The van der Waals surface area contributed by atoms with E-state index < -0.39 is 39.8 Å². The van der Waals surface area contributed by atoms with Gasteiger partial charge in [0.2, 0.25) is 5.60 Å². The first kappa shape index (κ1) is 10.3. The van der Waals surface area contributed by atoms with Crippen LogP contribution in [0.15, 0.2) is 12.2 Å². The van der Waals surface area contributed by atoms with Gasteiger partial charge in [-0.25, -0.2) is 4.79 Å². The topological polar surface area (TPSA) is 77.7 Å². The molecule has 6 nitrogen and oxygen atoms in total. The molecule has 0 aromatic carbocycles. The van der Waals surface area contributed by atoms with Crippen molar-refractivity contribution in [3.8, 4) is 0 Å². The Balaban J connectivity index is 1.58. The van der Waals surface area contributed by atoms with E-state index in [4.69, 9.17) is 18.9 Å². The number of fused-ring (bicyclic) bond motifs is 2. The average Bonchev–Trinajstić information content (AvgIpc) is 3.27. The van der Waals surface area contributed by atoms with E-state index in [0.29, 0.717) is 0 Å². The van der Waals surface area contributed by atoms with Crippen LogP contribution in [0.5, 0.6) is 0 Å². The Hall–Kier alpha value is -1.40. The minimum atomic E-state index is -0.882. The molecule has 0 N–H and O–H groups in total. The molecular weight excluding hydrogens is 276 g/mol. The van der Waals surface area contributed by atoms with Crippen LogP contribution in [0.3, 0.4) is 0 Å². The Morgan fingerprint density at radius 3 is 2.67 bits per heavy atom. The molecule has 2 bridgehead atoms. The number of carbonyl (C=O) groups is 2. The molecule has 6 heteroatoms. The van der Waals surface area contributed by atoms with Crippen LogP contribution in [0.2, 0.25) is 0 Å². The fraction of sp³-hybridized carbons (Fsp3) is 0.733. The summed E-state index contributed by atoms with van der Waals surface area (Å²) in [5.74, 6) is -0.697. The van der Waals surface area contributed by atoms with E-state index >= 15 is 0 Å². The molecular formula is C15H12O6. The molecule has 7 fully saturated rings. The highest BCUT2D eigenvalue weighted by Gasteiger charge is 3.27. The van der Waals surface area contributed by atoms with Crippen molar-refractivity contribution in [2.24, 2.45) is 16.7 Å². The highest BCUT2D eigenvalue weighted by Crippen LogP contribution is 3.05. The highest BCUT2D eigenvalue weighted by molar-refractivity contribution is 6.05. The predicted molar refractivity (Wildman–Crippen MR) is 62.8 cm³/mol. The van der Waals surface area contributed by atoms with Gasteiger partial charge in [0.05, 0.1) is 5.41 Å². The maximum absolute atomic E-state index is 12.6. The van der Waals surface area contributed by atoms with Crippen LogP contribution in [0.25, 0.3) is 0 Å². The lowest BCUT2D eigenvalue weighted by Gasteiger charge is -2.30. The van der Waals surface area contributed by atoms with Crippen molar-refractivity contribution in [1.82, 2.24) is 0 Å². The Labute approximate surface area is 119 Å². The zero-order chi connectivity index (χ0) is 14.4. The second-order valence-corrected chi connectivity index (χ2v) is 7.79. The maximum Gasteiger partial charge on any atom is 0.342 e. The molecule has 4 spiro atoms. The maximum atomic E-state index is 12.6. The fourth-order valence-corrected chi connectivity index (χ4v) is 6.79. The molecule has 7 aliphatic rings. The summed E-state index contributed by atoms with van der Waals surface area (Å²) < 4.78 is 22.9. The molecule has 21 heavy (non-hydrogen) atoms. The first-order valence-corrected chi connectivity index (χ1v) is 7.35. The van der Waals surface area contributed by atoms with Crippen molar-refractivity contribution in [3.05, 3.63) is 12.2 Å². The largest absolute Gasteiger partial charge is 0.457 e. The van der Waals surface area contributed by atoms with Gasteiger partial charge in [-0.2, -0.15) is 0 Å². The molecule has 3 aliphatic carbocycles. The van der Waals surface area contributed by atoms with E-state index in [-0.39, 0.29) is 24.0 Å². The third-order valence-corrected chi connectivity index (χ3v) is 7.56. The Kier molecular flexibility index (Phi) is 0.988. The molecule has 4 aliphatic heterocycles. The van der Waals surface area contributed by atoms with Gasteiger partial charge in [-0.1, -0.05) is 12.2 Å². The van der Waals surface area contributed by atoms with Crippen molar-refractivity contribution in [3.63, 3.8) is 0 Å². The molecule has 3 saturated carbocycles. The van der Waals surface area contributed by atoms with Gasteiger partial charge >= 0.3 is 11.9 Å². The summed E-state index contributed by atoms with van der Waals surface area (Å²) in [6.45, 7) is 7.96. The molecule has 7 rings (SSSR count). The van der Waals surface area contributed by atoms with Crippen molar-refractivity contribution >= 4 is 11.9 Å². The van der Waals surface area contributed by atoms with Crippen molar-refractivity contribution in [1.29, 1.82) is 0 Å². The van der Waals surface area contributed by atoms with Crippen LogP contribution >= 0.6 is 0 Å². The average molecular weight is 288 g/mol. The highest BCUT2D eigenvalue weighted by atomic mass is 16.8. The van der Waals surface area contributed by atoms with E-state index in [1.807, 2.05) is 13.8 Å². The number of carbonyl (C=O) groups excluding carboxylic acids is 2. The monoisotopic (exact) mass is 288 g/mol. The number of esters is 2. The fourth-order valence-electron chi connectivity index (χ4n) is 6.79. The van der Waals surface area contributed by atoms with Crippen LogP contribution in [0.1, 0.15) is 13.8 Å². The standard InChI is InChI=1S/C15H12O6/c1-4(2)5-6-7-11(3)14(10(17)19-7)15(11,21-14)13-8(20-13)12(5,13)9(16)18-6/h5-8H,1H2,2-3H3/t5-,6-,7-,8+,11+,12+,13-,14+,15-/m1/s1. The molecule has 0 radical (unpaired) electrons. The second kappa shape index (κ2) is 2.01. The van der Waals surface area contributed by atoms with Gasteiger partial charge in [0.25, 0.3) is 0 Å². The Morgan fingerprint density at radius 1 is 1.24 bits per heavy atom. The first-order chi connectivity index (χ1) is 9.89. The van der Waals surface area contributed by atoms with Gasteiger partial charge in [-0.05, 0) is 13.8 Å². The van der Waals surface area contributed by atoms with E-state index in [1.54, 1.807) is 0 Å². The number of ether oxygens (including phenoxy) is 4. The zero-order valence-corrected chi connectivity index (χ0v) is 11.5. The van der Waals surface area contributed by atoms with Gasteiger partial charge in [0, 0.05) is 5.92 Å². The van der Waals surface area contributed by atoms with E-state index in [2.05, 4.69) is 6.58 Å². The lowest BCUT2D eigenvalue weighted by atomic mass is 9.77. The zero-order valence-electron chi connectivity index (χ0n) is 11.5. The van der Waals surface area contributed by atoms with Crippen LogP contribution in [-0.4, -0.2) is 47.1 Å². The summed E-state index contributed by atoms with van der Waals surface area (Å²) in [7, 11) is 0. The van der Waals surface area contributed by atoms with E-state index in [9.17, 15) is 9.59 Å². The third-order valence-electron chi connectivity index (χ3n) is 7.56. The SMILES string of the molecule is C=C(C)[C@@H]1[C@H]2OC(=O)[C@@]13[C@@H]1O[C@]13[C@@]13O[C@]14C(=O)O[C@H]2[C@@]43C. The van der Waals surface area contributed by atoms with Gasteiger partial charge < -0.3 is 18.9 Å². The first-order valence-electron chi connectivity index (χ1n) is 7.35. The van der Waals surface area contributed by atoms with Gasteiger partial charge in [0.1, 0.15) is 23.2 Å². The van der Waals surface area contributed by atoms with Crippen LogP contribution < -0.4 is 0 Å². The van der Waals surface area contributed by atoms with Crippen LogP contribution in [0, 0.1) is 16.7 Å². The minimum absolute atomic E-state index is 0.152. The number of hydrogen-bond acceptors (Lipinski definition) is 6. The van der Waals surface area contributed by atoms with E-state index in [1.165, 1.54) is 0 Å². The molecule has 0 unspecified atom stereocenters. The minimum Gasteiger partial charge on any atom is -0.457 e. The summed E-state index contributed by atoms with van der Waals surface area (Å²) in [4.78, 5) is 24.9. The molecule has 0 aromatic heterocycles. The van der Waals surface area contributed by atoms with Crippen LogP contribution in [-0.2, 0) is 28.5 Å². The summed E-state index contributed by atoms with van der Waals surface area (Å²) in [5.41, 5.74) is -2.43. The van der Waals surface area contributed by atoms with Gasteiger partial charge in [0.15, 0.2) is 11.7 Å². The number of rotatable bonds is 1.